The van der Waals surface area contributed by atoms with Gasteiger partial charge in [-0.1, -0.05) is 30.3 Å². The molecule has 0 bridgehead atoms. The Morgan fingerprint density at radius 2 is 1.85 bits per heavy atom. The summed E-state index contributed by atoms with van der Waals surface area (Å²) in [6, 6.07) is 15.2. The van der Waals surface area contributed by atoms with E-state index in [1.165, 1.54) is 25.9 Å². The number of likely N-dealkylation sites (tertiary alicyclic amines) is 2. The Morgan fingerprint density at radius 1 is 1.06 bits per heavy atom. The lowest BCUT2D eigenvalue weighted by molar-refractivity contribution is -0.136. The van der Waals surface area contributed by atoms with E-state index in [1.807, 2.05) is 30.3 Å². The molecule has 2 aromatic carbocycles. The molecule has 0 spiro atoms. The van der Waals surface area contributed by atoms with Crippen LogP contribution in [0.1, 0.15) is 31.2 Å². The van der Waals surface area contributed by atoms with Crippen LogP contribution >= 0.6 is 0 Å². The van der Waals surface area contributed by atoms with Gasteiger partial charge in [-0.15, -0.1) is 0 Å². The number of anilines is 1. The molecule has 2 aromatic rings. The number of amides is 2. The Labute approximate surface area is 195 Å². The summed E-state index contributed by atoms with van der Waals surface area (Å²) >= 11 is 0. The average Bonchev–Trinajstić information content (AvgIpc) is 3.48. The second-order valence-corrected chi connectivity index (χ2v) is 8.69. The van der Waals surface area contributed by atoms with Crippen LogP contribution in [0.2, 0.25) is 0 Å². The Bertz CT molecular complexity index is 944. The standard InChI is InChI=1S/C26H33N3O4/c1-32-23-11-10-21(18-24(23)33-17-7-15-28-13-5-6-14-28)27-25(30)22-12-16-29(26(22)31)19-20-8-3-2-4-9-20/h2-4,8-11,18,22H,5-7,12-17,19H2,1H3,(H,27,30). The minimum atomic E-state index is -0.666. The van der Waals surface area contributed by atoms with Gasteiger partial charge in [0.05, 0.1) is 13.7 Å². The van der Waals surface area contributed by atoms with Crippen LogP contribution in [0.3, 0.4) is 0 Å². The topological polar surface area (TPSA) is 71.1 Å². The van der Waals surface area contributed by atoms with E-state index in [1.54, 1.807) is 30.2 Å². The molecule has 2 fully saturated rings. The van der Waals surface area contributed by atoms with E-state index in [-0.39, 0.29) is 11.8 Å². The number of rotatable bonds is 10. The summed E-state index contributed by atoms with van der Waals surface area (Å²) in [4.78, 5) is 29.9. The van der Waals surface area contributed by atoms with Crippen LogP contribution in [0, 0.1) is 5.92 Å². The molecular weight excluding hydrogens is 418 g/mol. The van der Waals surface area contributed by atoms with Crippen molar-refractivity contribution >= 4 is 17.5 Å². The van der Waals surface area contributed by atoms with Gasteiger partial charge < -0.3 is 24.6 Å². The van der Waals surface area contributed by atoms with E-state index in [9.17, 15) is 9.59 Å². The van der Waals surface area contributed by atoms with Crippen LogP contribution in [-0.4, -0.2) is 61.5 Å². The van der Waals surface area contributed by atoms with Gasteiger partial charge in [-0.3, -0.25) is 9.59 Å². The third-order valence-electron chi connectivity index (χ3n) is 6.34. The summed E-state index contributed by atoms with van der Waals surface area (Å²) in [5.74, 6) is 0.157. The zero-order valence-corrected chi connectivity index (χ0v) is 19.3. The highest BCUT2D eigenvalue weighted by atomic mass is 16.5. The van der Waals surface area contributed by atoms with Gasteiger partial charge in [0.1, 0.15) is 5.92 Å². The fraction of sp³-hybridized carbons (Fsp3) is 0.462. The molecule has 0 radical (unpaired) electrons. The smallest absolute Gasteiger partial charge is 0.237 e. The molecule has 2 aliphatic heterocycles. The number of hydrogen-bond donors (Lipinski definition) is 1. The molecule has 2 heterocycles. The van der Waals surface area contributed by atoms with Gasteiger partial charge in [0.25, 0.3) is 0 Å². The first-order valence-electron chi connectivity index (χ1n) is 11.8. The molecule has 4 rings (SSSR count). The molecule has 0 aliphatic carbocycles. The van der Waals surface area contributed by atoms with Crippen molar-refractivity contribution in [1.29, 1.82) is 0 Å². The molecule has 176 valence electrons. The van der Waals surface area contributed by atoms with Gasteiger partial charge in [-0.2, -0.15) is 0 Å². The summed E-state index contributed by atoms with van der Waals surface area (Å²) < 4.78 is 11.4. The highest BCUT2D eigenvalue weighted by Gasteiger charge is 2.36. The lowest BCUT2D eigenvalue weighted by Crippen LogP contribution is -2.32. The number of ether oxygens (including phenoxy) is 2. The van der Waals surface area contributed by atoms with Crippen molar-refractivity contribution < 1.29 is 19.1 Å². The quantitative estimate of drug-likeness (QED) is 0.442. The number of nitrogens with one attached hydrogen (secondary N) is 1. The zero-order valence-electron chi connectivity index (χ0n) is 19.3. The van der Waals surface area contributed by atoms with Crippen LogP contribution in [0.5, 0.6) is 11.5 Å². The van der Waals surface area contributed by atoms with Gasteiger partial charge in [0, 0.05) is 31.4 Å². The Morgan fingerprint density at radius 3 is 2.61 bits per heavy atom. The van der Waals surface area contributed by atoms with E-state index >= 15 is 0 Å². The third-order valence-corrected chi connectivity index (χ3v) is 6.34. The summed E-state index contributed by atoms with van der Waals surface area (Å²) in [5.41, 5.74) is 1.67. The van der Waals surface area contributed by atoms with Gasteiger partial charge in [0.2, 0.25) is 11.8 Å². The van der Waals surface area contributed by atoms with Crippen molar-refractivity contribution in [2.75, 3.05) is 45.2 Å². The largest absolute Gasteiger partial charge is 0.493 e. The van der Waals surface area contributed by atoms with Crippen LogP contribution in [0.25, 0.3) is 0 Å². The minimum absolute atomic E-state index is 0.122. The number of benzene rings is 2. The van der Waals surface area contributed by atoms with E-state index in [0.717, 1.165) is 18.5 Å². The maximum Gasteiger partial charge on any atom is 0.237 e. The first-order chi connectivity index (χ1) is 16.1. The maximum absolute atomic E-state index is 12.9. The van der Waals surface area contributed by atoms with Crippen molar-refractivity contribution in [2.24, 2.45) is 5.92 Å². The highest BCUT2D eigenvalue weighted by Crippen LogP contribution is 2.31. The normalized spacial score (nSPS) is 18.5. The second-order valence-electron chi connectivity index (χ2n) is 8.69. The summed E-state index contributed by atoms with van der Waals surface area (Å²) in [5, 5.41) is 2.90. The Balaban J connectivity index is 1.31. The van der Waals surface area contributed by atoms with Gasteiger partial charge in [-0.05, 0) is 56.5 Å². The number of methoxy groups -OCH3 is 1. The third kappa shape index (κ3) is 6.05. The molecule has 2 aliphatic rings. The minimum Gasteiger partial charge on any atom is -0.493 e. The van der Waals surface area contributed by atoms with E-state index < -0.39 is 5.92 Å². The van der Waals surface area contributed by atoms with Gasteiger partial charge in [-0.25, -0.2) is 0 Å². The molecule has 0 aromatic heterocycles. The fourth-order valence-electron chi connectivity index (χ4n) is 4.52. The second kappa shape index (κ2) is 11.2. The average molecular weight is 452 g/mol. The summed E-state index contributed by atoms with van der Waals surface area (Å²) in [6.07, 6.45) is 4.02. The lowest BCUT2D eigenvalue weighted by Gasteiger charge is -2.17. The summed E-state index contributed by atoms with van der Waals surface area (Å²) in [6.45, 7) is 5.07. The molecule has 7 nitrogen and oxygen atoms in total. The molecule has 7 heteroatoms. The molecule has 2 amide bonds. The number of hydrogen-bond acceptors (Lipinski definition) is 5. The van der Waals surface area contributed by atoms with Crippen molar-refractivity contribution in [1.82, 2.24) is 9.80 Å². The summed E-state index contributed by atoms with van der Waals surface area (Å²) in [7, 11) is 1.60. The molecule has 0 saturated carbocycles. The molecule has 1 unspecified atom stereocenters. The molecule has 1 atom stereocenters. The molecular formula is C26H33N3O4. The van der Waals surface area contributed by atoms with Crippen molar-refractivity contribution in [3.05, 3.63) is 54.1 Å². The van der Waals surface area contributed by atoms with Gasteiger partial charge in [0.15, 0.2) is 11.5 Å². The predicted octanol–water partition coefficient (Wildman–Crippen LogP) is 3.55. The molecule has 33 heavy (non-hydrogen) atoms. The SMILES string of the molecule is COc1ccc(NC(=O)C2CCN(Cc3ccccc3)C2=O)cc1OCCCN1CCCC1. The zero-order chi connectivity index (χ0) is 23.0. The molecule has 1 N–H and O–H groups in total. The first kappa shape index (κ1) is 23.1. The van der Waals surface area contributed by atoms with Crippen molar-refractivity contribution in [3.8, 4) is 11.5 Å². The van der Waals surface area contributed by atoms with E-state index in [0.29, 0.717) is 43.3 Å². The number of carbonyl (C=O) groups is 2. The van der Waals surface area contributed by atoms with E-state index in [2.05, 4.69) is 10.2 Å². The van der Waals surface area contributed by atoms with Crippen molar-refractivity contribution in [3.63, 3.8) is 0 Å². The van der Waals surface area contributed by atoms with Crippen LogP contribution < -0.4 is 14.8 Å². The Hall–Kier alpha value is -3.06. The van der Waals surface area contributed by atoms with Crippen LogP contribution in [-0.2, 0) is 16.1 Å². The van der Waals surface area contributed by atoms with Crippen LogP contribution in [0.15, 0.2) is 48.5 Å². The van der Waals surface area contributed by atoms with Gasteiger partial charge >= 0.3 is 0 Å². The fourth-order valence-corrected chi connectivity index (χ4v) is 4.52. The number of carbonyl (C=O) groups excluding carboxylic acids is 2. The lowest BCUT2D eigenvalue weighted by atomic mass is 10.1. The maximum atomic E-state index is 12.9. The monoisotopic (exact) mass is 451 g/mol. The number of nitrogens with zero attached hydrogens (tertiary/aromatic N) is 2. The predicted molar refractivity (Wildman–Crippen MR) is 127 cm³/mol. The molecule has 2 saturated heterocycles. The van der Waals surface area contributed by atoms with Crippen LogP contribution in [0.4, 0.5) is 5.69 Å². The highest BCUT2D eigenvalue weighted by molar-refractivity contribution is 6.07. The van der Waals surface area contributed by atoms with Crippen molar-refractivity contribution in [2.45, 2.75) is 32.2 Å². The Kier molecular flexibility index (Phi) is 7.83. The first-order valence-corrected chi connectivity index (χ1v) is 11.8. The van der Waals surface area contributed by atoms with E-state index in [4.69, 9.17) is 9.47 Å².